The highest BCUT2D eigenvalue weighted by Gasteiger charge is 2.22. The summed E-state index contributed by atoms with van der Waals surface area (Å²) in [7, 11) is 0. The van der Waals surface area contributed by atoms with E-state index in [1.54, 1.807) is 0 Å². The van der Waals surface area contributed by atoms with Gasteiger partial charge in [-0.05, 0) is 32.9 Å². The first-order valence-corrected chi connectivity index (χ1v) is 8.36. The van der Waals surface area contributed by atoms with Crippen LogP contribution in [-0.2, 0) is 0 Å². The fourth-order valence-electron chi connectivity index (χ4n) is 1.79. The Morgan fingerprint density at radius 2 is 1.50 bits per heavy atom. The molecule has 0 saturated heterocycles. The lowest BCUT2D eigenvalue weighted by Crippen LogP contribution is -2.25. The molecule has 0 spiro atoms. The van der Waals surface area contributed by atoms with Crippen LogP contribution in [0.5, 0.6) is 0 Å². The van der Waals surface area contributed by atoms with Gasteiger partial charge in [0.15, 0.2) is 0 Å². The Balaban J connectivity index is 3.40. The summed E-state index contributed by atoms with van der Waals surface area (Å²) < 4.78 is -0.0319. The summed E-state index contributed by atoms with van der Waals surface area (Å²) in [5.74, 6) is 1.16. The van der Waals surface area contributed by atoms with Crippen molar-refractivity contribution in [1.29, 1.82) is 0 Å². The molecule has 0 radical (unpaired) electrons. The maximum Gasteiger partial charge on any atom is 0.0694 e. The lowest BCUT2D eigenvalue weighted by atomic mass is 10.1. The third-order valence-electron chi connectivity index (χ3n) is 3.48. The van der Waals surface area contributed by atoms with Crippen molar-refractivity contribution in [3.8, 4) is 0 Å². The normalized spacial score (nSPS) is 13.0. The molecular weight excluding hydrogens is 242 g/mol. The predicted octanol–water partition coefficient (Wildman–Crippen LogP) is 5.49. The minimum Gasteiger partial charge on any atom is -0.411 e. The molecule has 0 amide bonds. The zero-order valence-corrected chi connectivity index (χ0v) is 13.5. The van der Waals surface area contributed by atoms with Crippen molar-refractivity contribution in [3.63, 3.8) is 0 Å². The monoisotopic (exact) mass is 273 g/mol. The summed E-state index contributed by atoms with van der Waals surface area (Å²) in [5.41, 5.74) is 0.812. The van der Waals surface area contributed by atoms with Gasteiger partial charge < -0.3 is 5.21 Å². The molecule has 0 atom stereocenters. The molecule has 0 aromatic carbocycles. The quantitative estimate of drug-likeness (QED) is 0.234. The Bertz CT molecular complexity index is 227. The molecule has 3 heteroatoms. The van der Waals surface area contributed by atoms with Gasteiger partial charge in [-0.25, -0.2) is 0 Å². The third kappa shape index (κ3) is 8.84. The Labute approximate surface area is 118 Å². The van der Waals surface area contributed by atoms with E-state index in [0.717, 1.165) is 11.5 Å². The molecule has 0 aromatic heterocycles. The Morgan fingerprint density at radius 3 is 2.00 bits per heavy atom. The first kappa shape index (κ1) is 17.8. The Hall–Kier alpha value is -0.180. The highest BCUT2D eigenvalue weighted by atomic mass is 32.2. The molecule has 0 saturated carbocycles. The van der Waals surface area contributed by atoms with Gasteiger partial charge in [0.05, 0.1) is 10.5 Å². The Morgan fingerprint density at radius 1 is 1.00 bits per heavy atom. The molecule has 0 bridgehead atoms. The van der Waals surface area contributed by atoms with E-state index < -0.39 is 0 Å². The van der Waals surface area contributed by atoms with Crippen molar-refractivity contribution in [1.82, 2.24) is 0 Å². The number of thioether (sulfide) groups is 1. The first-order valence-electron chi connectivity index (χ1n) is 7.37. The first-order chi connectivity index (χ1) is 8.54. The van der Waals surface area contributed by atoms with Crippen LogP contribution in [0.3, 0.4) is 0 Å². The molecule has 0 rings (SSSR count). The van der Waals surface area contributed by atoms with E-state index in [1.165, 1.54) is 51.4 Å². The molecule has 0 aliphatic heterocycles. The number of oxime groups is 1. The molecule has 108 valence electrons. The molecule has 0 aromatic rings. The van der Waals surface area contributed by atoms with Gasteiger partial charge in [0.25, 0.3) is 0 Å². The number of hydrogen-bond donors (Lipinski definition) is 1. The maximum atomic E-state index is 8.79. The summed E-state index contributed by atoms with van der Waals surface area (Å²) in [6.07, 6.45) is 10.9. The molecular formula is C15H31NOS. The molecule has 0 aliphatic rings. The van der Waals surface area contributed by atoms with Crippen LogP contribution >= 0.6 is 11.8 Å². The highest BCUT2D eigenvalue weighted by molar-refractivity contribution is 8.01. The maximum absolute atomic E-state index is 8.79. The van der Waals surface area contributed by atoms with Crippen LogP contribution in [-0.4, -0.2) is 21.4 Å². The van der Waals surface area contributed by atoms with E-state index in [0.29, 0.717) is 0 Å². The van der Waals surface area contributed by atoms with Crippen molar-refractivity contribution in [2.75, 3.05) is 5.75 Å². The van der Waals surface area contributed by atoms with Crippen LogP contribution in [0.2, 0.25) is 0 Å². The minimum atomic E-state index is -0.0319. The molecule has 0 aliphatic carbocycles. The van der Waals surface area contributed by atoms with Crippen molar-refractivity contribution >= 4 is 17.5 Å². The van der Waals surface area contributed by atoms with Crippen LogP contribution in [0, 0.1) is 0 Å². The molecule has 0 unspecified atom stereocenters. The van der Waals surface area contributed by atoms with Crippen LogP contribution in [0.25, 0.3) is 0 Å². The van der Waals surface area contributed by atoms with E-state index >= 15 is 0 Å². The lowest BCUT2D eigenvalue weighted by molar-refractivity contribution is 0.316. The van der Waals surface area contributed by atoms with Crippen molar-refractivity contribution in [2.45, 2.75) is 83.8 Å². The molecule has 0 heterocycles. The lowest BCUT2D eigenvalue weighted by Gasteiger charge is -2.22. The third-order valence-corrected chi connectivity index (χ3v) is 4.99. The summed E-state index contributed by atoms with van der Waals surface area (Å²) in [6, 6.07) is 0. The smallest absolute Gasteiger partial charge is 0.0694 e. The fourth-order valence-corrected chi connectivity index (χ4v) is 2.90. The van der Waals surface area contributed by atoms with Gasteiger partial charge in [0.2, 0.25) is 0 Å². The molecule has 18 heavy (non-hydrogen) atoms. The van der Waals surface area contributed by atoms with Crippen LogP contribution < -0.4 is 0 Å². The van der Waals surface area contributed by atoms with Crippen LogP contribution in [0.15, 0.2) is 5.16 Å². The van der Waals surface area contributed by atoms with Gasteiger partial charge in [-0.15, -0.1) is 11.8 Å². The molecule has 0 fully saturated rings. The number of nitrogens with zero attached hydrogens (tertiary/aromatic N) is 1. The summed E-state index contributed by atoms with van der Waals surface area (Å²) >= 11 is 1.89. The number of hydrogen-bond acceptors (Lipinski definition) is 3. The van der Waals surface area contributed by atoms with E-state index in [9.17, 15) is 0 Å². The van der Waals surface area contributed by atoms with Crippen molar-refractivity contribution in [2.24, 2.45) is 5.16 Å². The SMILES string of the molecule is CCCCCCCCCCSC(C)(C)/C(C)=N\O. The van der Waals surface area contributed by atoms with E-state index in [2.05, 4.69) is 25.9 Å². The molecule has 2 nitrogen and oxygen atoms in total. The zero-order chi connectivity index (χ0) is 13.9. The average Bonchev–Trinajstić information content (AvgIpc) is 2.35. The van der Waals surface area contributed by atoms with Crippen molar-refractivity contribution < 1.29 is 5.21 Å². The number of unbranched alkanes of at least 4 members (excludes halogenated alkanes) is 7. The van der Waals surface area contributed by atoms with Gasteiger partial charge in [-0.1, -0.05) is 57.0 Å². The zero-order valence-electron chi connectivity index (χ0n) is 12.7. The van der Waals surface area contributed by atoms with Gasteiger partial charge in [-0.3, -0.25) is 0 Å². The second-order valence-electron chi connectivity index (χ2n) is 5.52. The minimum absolute atomic E-state index is 0.0319. The average molecular weight is 273 g/mol. The van der Waals surface area contributed by atoms with E-state index in [-0.39, 0.29) is 4.75 Å². The van der Waals surface area contributed by atoms with Gasteiger partial charge in [-0.2, -0.15) is 0 Å². The van der Waals surface area contributed by atoms with Crippen LogP contribution in [0.4, 0.5) is 0 Å². The highest BCUT2D eigenvalue weighted by Crippen LogP contribution is 2.27. The standard InChI is InChI=1S/C15H31NOS/c1-5-6-7-8-9-10-11-12-13-18-15(3,4)14(2)16-17/h17H,5-13H2,1-4H3/b16-14-. The second-order valence-corrected chi connectivity index (χ2v) is 7.24. The second kappa shape index (κ2) is 10.7. The van der Waals surface area contributed by atoms with E-state index in [4.69, 9.17) is 5.21 Å². The van der Waals surface area contributed by atoms with Gasteiger partial charge in [0, 0.05) is 0 Å². The summed E-state index contributed by atoms with van der Waals surface area (Å²) in [6.45, 7) is 8.40. The summed E-state index contributed by atoms with van der Waals surface area (Å²) in [5, 5.41) is 12.1. The van der Waals surface area contributed by atoms with E-state index in [1.807, 2.05) is 18.7 Å². The molecule has 1 N–H and O–H groups in total. The van der Waals surface area contributed by atoms with Gasteiger partial charge in [0.1, 0.15) is 0 Å². The van der Waals surface area contributed by atoms with Gasteiger partial charge >= 0.3 is 0 Å². The predicted molar refractivity (Wildman–Crippen MR) is 84.0 cm³/mol. The summed E-state index contributed by atoms with van der Waals surface area (Å²) in [4.78, 5) is 0. The van der Waals surface area contributed by atoms with Crippen LogP contribution in [0.1, 0.15) is 79.1 Å². The van der Waals surface area contributed by atoms with Crippen molar-refractivity contribution in [3.05, 3.63) is 0 Å². The largest absolute Gasteiger partial charge is 0.411 e. The Kier molecular flexibility index (Phi) is 10.6. The fraction of sp³-hybridized carbons (Fsp3) is 0.933. The number of rotatable bonds is 11. The topological polar surface area (TPSA) is 32.6 Å².